The highest BCUT2D eigenvalue weighted by Gasteiger charge is 2.38. The minimum Gasteiger partial charge on any atom is -0.325 e. The largest absolute Gasteiger partial charge is 0.325 e. The molecule has 9 heteroatoms. The third kappa shape index (κ3) is 4.03. The van der Waals surface area contributed by atoms with Crippen molar-refractivity contribution in [2.45, 2.75) is 29.5 Å². The first kappa shape index (κ1) is 18.3. The normalized spacial score (nSPS) is 18.9. The molecule has 0 spiro atoms. The van der Waals surface area contributed by atoms with Crippen LogP contribution in [0.4, 0.5) is 10.1 Å². The lowest BCUT2D eigenvalue weighted by atomic mass is 10.0. The van der Waals surface area contributed by atoms with Gasteiger partial charge in [0.15, 0.2) is 0 Å². The maximum absolute atomic E-state index is 13.0. The summed E-state index contributed by atoms with van der Waals surface area (Å²) >= 11 is 6.82. The number of anilines is 1. The highest BCUT2D eigenvalue weighted by Crippen LogP contribution is 2.32. The minimum absolute atomic E-state index is 0.124. The van der Waals surface area contributed by atoms with E-state index in [1.807, 2.05) is 0 Å². The highest BCUT2D eigenvalue weighted by atomic mass is 35.5. The summed E-state index contributed by atoms with van der Waals surface area (Å²) in [6, 6.07) is 7.52. The molecule has 0 radical (unpaired) electrons. The number of benzene rings is 1. The zero-order chi connectivity index (χ0) is 18.0. The lowest BCUT2D eigenvalue weighted by Gasteiger charge is -2.33. The molecule has 2 heterocycles. The molecular formula is C16H16ClFN2O3S2. The number of carbonyl (C=O) groups is 1. The summed E-state index contributed by atoms with van der Waals surface area (Å²) in [6.07, 6.45) is 1.89. The standard InChI is InChI=1S/C16H16ClFN2O3S2/c17-14-8-9-15(24-14)25(22,23)20-10-2-1-3-13(20)16(21)19-12-6-4-11(18)5-7-12/h4-9,13H,1-3,10H2,(H,19,21)/t13-/m0/s1. The summed E-state index contributed by atoms with van der Waals surface area (Å²) in [5.74, 6) is -0.827. The van der Waals surface area contributed by atoms with Crippen LogP contribution in [0, 0.1) is 5.82 Å². The van der Waals surface area contributed by atoms with Crippen LogP contribution in [0.1, 0.15) is 19.3 Å². The molecule has 0 saturated carbocycles. The fourth-order valence-electron chi connectivity index (χ4n) is 2.77. The molecule has 1 atom stereocenters. The van der Waals surface area contributed by atoms with Crippen molar-refractivity contribution in [2.24, 2.45) is 0 Å². The fourth-order valence-corrected chi connectivity index (χ4v) is 6.03. The van der Waals surface area contributed by atoms with Crippen LogP contribution in [-0.4, -0.2) is 31.2 Å². The second-order valence-electron chi connectivity index (χ2n) is 5.68. The number of hydrogen-bond donors (Lipinski definition) is 1. The molecule has 5 nitrogen and oxygen atoms in total. The number of rotatable bonds is 4. The highest BCUT2D eigenvalue weighted by molar-refractivity contribution is 7.91. The summed E-state index contributed by atoms with van der Waals surface area (Å²) in [7, 11) is -3.79. The lowest BCUT2D eigenvalue weighted by Crippen LogP contribution is -2.49. The van der Waals surface area contributed by atoms with Crippen LogP contribution < -0.4 is 5.32 Å². The molecule has 1 aromatic heterocycles. The molecule has 0 unspecified atom stereocenters. The summed E-state index contributed by atoms with van der Waals surface area (Å²) in [6.45, 7) is 0.277. The second-order valence-corrected chi connectivity index (χ2v) is 9.51. The zero-order valence-electron chi connectivity index (χ0n) is 13.1. The summed E-state index contributed by atoms with van der Waals surface area (Å²) < 4.78 is 40.4. The van der Waals surface area contributed by atoms with Gasteiger partial charge in [0.2, 0.25) is 5.91 Å². The van der Waals surface area contributed by atoms with Crippen molar-refractivity contribution >= 4 is 44.6 Å². The van der Waals surface area contributed by atoms with E-state index >= 15 is 0 Å². The average Bonchev–Trinajstić information content (AvgIpc) is 3.04. The van der Waals surface area contributed by atoms with Crippen molar-refractivity contribution in [3.63, 3.8) is 0 Å². The predicted octanol–water partition coefficient (Wildman–Crippen LogP) is 3.72. The van der Waals surface area contributed by atoms with E-state index in [1.54, 1.807) is 0 Å². The number of piperidine rings is 1. The van der Waals surface area contributed by atoms with Crippen LogP contribution in [0.5, 0.6) is 0 Å². The van der Waals surface area contributed by atoms with Gasteiger partial charge in [0.1, 0.15) is 16.1 Å². The second kappa shape index (κ2) is 7.41. The summed E-state index contributed by atoms with van der Waals surface area (Å²) in [5, 5.41) is 2.66. The topological polar surface area (TPSA) is 66.5 Å². The first-order chi connectivity index (χ1) is 11.9. The quantitative estimate of drug-likeness (QED) is 0.847. The fraction of sp³-hybridized carbons (Fsp3) is 0.312. The van der Waals surface area contributed by atoms with E-state index in [0.29, 0.717) is 22.9 Å². The van der Waals surface area contributed by atoms with E-state index in [1.165, 1.54) is 40.7 Å². The Bertz CT molecular complexity index is 868. The van der Waals surface area contributed by atoms with Gasteiger partial charge < -0.3 is 5.32 Å². The van der Waals surface area contributed by atoms with Crippen molar-refractivity contribution in [3.05, 3.63) is 46.6 Å². The monoisotopic (exact) mass is 402 g/mol. The summed E-state index contributed by atoms with van der Waals surface area (Å²) in [4.78, 5) is 12.6. The molecule has 0 bridgehead atoms. The smallest absolute Gasteiger partial charge is 0.253 e. The molecule has 1 amide bonds. The van der Waals surface area contributed by atoms with E-state index in [2.05, 4.69) is 5.32 Å². The van der Waals surface area contributed by atoms with E-state index < -0.39 is 27.8 Å². The number of carbonyl (C=O) groups excluding carboxylic acids is 1. The third-order valence-electron chi connectivity index (χ3n) is 3.98. The van der Waals surface area contributed by atoms with Crippen LogP contribution in [0.15, 0.2) is 40.6 Å². The van der Waals surface area contributed by atoms with E-state index in [0.717, 1.165) is 17.8 Å². The SMILES string of the molecule is O=C(Nc1ccc(F)cc1)[C@@H]1CCCCN1S(=O)(=O)c1ccc(Cl)s1. The average molecular weight is 403 g/mol. The lowest BCUT2D eigenvalue weighted by molar-refractivity contribution is -0.120. The Morgan fingerprint density at radius 1 is 1.20 bits per heavy atom. The van der Waals surface area contributed by atoms with Gasteiger partial charge in [-0.25, -0.2) is 12.8 Å². The van der Waals surface area contributed by atoms with Crippen LogP contribution in [0.25, 0.3) is 0 Å². The molecule has 0 aliphatic carbocycles. The van der Waals surface area contributed by atoms with Gasteiger partial charge >= 0.3 is 0 Å². The number of nitrogens with zero attached hydrogens (tertiary/aromatic N) is 1. The first-order valence-corrected chi connectivity index (χ1v) is 10.3. The molecule has 3 rings (SSSR count). The third-order valence-corrected chi connectivity index (χ3v) is 7.59. The van der Waals surface area contributed by atoms with Gasteiger partial charge in [-0.1, -0.05) is 18.0 Å². The first-order valence-electron chi connectivity index (χ1n) is 7.71. The van der Waals surface area contributed by atoms with E-state index in [4.69, 9.17) is 11.6 Å². The molecule has 2 aromatic rings. The molecule has 1 fully saturated rings. The Morgan fingerprint density at radius 3 is 2.56 bits per heavy atom. The summed E-state index contributed by atoms with van der Waals surface area (Å²) in [5.41, 5.74) is 0.425. The number of amides is 1. The molecule has 134 valence electrons. The number of thiophene rings is 1. The van der Waals surface area contributed by atoms with Crippen LogP contribution in [-0.2, 0) is 14.8 Å². The van der Waals surface area contributed by atoms with Gasteiger partial charge in [-0.15, -0.1) is 11.3 Å². The van der Waals surface area contributed by atoms with Crippen molar-refractivity contribution < 1.29 is 17.6 Å². The number of sulfonamides is 1. The van der Waals surface area contributed by atoms with Gasteiger partial charge in [0.05, 0.1) is 4.34 Å². The molecule has 1 aliphatic rings. The molecule has 1 N–H and O–H groups in total. The Hall–Kier alpha value is -1.48. The molecule has 25 heavy (non-hydrogen) atoms. The number of halogens is 2. The van der Waals surface area contributed by atoms with E-state index in [9.17, 15) is 17.6 Å². The maximum atomic E-state index is 13.0. The molecule has 1 aromatic carbocycles. The number of nitrogens with one attached hydrogen (secondary N) is 1. The van der Waals surface area contributed by atoms with Crippen molar-refractivity contribution in [1.29, 1.82) is 0 Å². The van der Waals surface area contributed by atoms with Crippen LogP contribution >= 0.6 is 22.9 Å². The molecule has 1 aliphatic heterocycles. The Balaban J connectivity index is 1.83. The zero-order valence-corrected chi connectivity index (χ0v) is 15.5. The van der Waals surface area contributed by atoms with Crippen LogP contribution in [0.2, 0.25) is 4.34 Å². The predicted molar refractivity (Wildman–Crippen MR) is 95.9 cm³/mol. The van der Waals surface area contributed by atoms with Gasteiger partial charge in [-0.05, 0) is 49.2 Å². The van der Waals surface area contributed by atoms with E-state index in [-0.39, 0.29) is 10.8 Å². The van der Waals surface area contributed by atoms with Crippen molar-refractivity contribution in [2.75, 3.05) is 11.9 Å². The Kier molecular flexibility index (Phi) is 5.43. The molecule has 1 saturated heterocycles. The maximum Gasteiger partial charge on any atom is 0.253 e. The van der Waals surface area contributed by atoms with Crippen molar-refractivity contribution in [3.8, 4) is 0 Å². The number of hydrogen-bond acceptors (Lipinski definition) is 4. The molecular weight excluding hydrogens is 387 g/mol. The minimum atomic E-state index is -3.79. The van der Waals surface area contributed by atoms with Gasteiger partial charge in [-0.3, -0.25) is 4.79 Å². The van der Waals surface area contributed by atoms with Crippen molar-refractivity contribution in [1.82, 2.24) is 4.31 Å². The Labute approximate surface area is 154 Å². The Morgan fingerprint density at radius 2 is 1.92 bits per heavy atom. The van der Waals surface area contributed by atoms with Gasteiger partial charge in [0.25, 0.3) is 10.0 Å². The van der Waals surface area contributed by atoms with Gasteiger partial charge in [0, 0.05) is 12.2 Å². The van der Waals surface area contributed by atoms with Gasteiger partial charge in [-0.2, -0.15) is 4.31 Å². The van der Waals surface area contributed by atoms with Crippen LogP contribution in [0.3, 0.4) is 0 Å².